The number of ether oxygens (including phenoxy) is 3. The van der Waals surface area contributed by atoms with Crippen LogP contribution in [-0.4, -0.2) is 76.9 Å². The smallest absolute Gasteiger partial charge is 0.416 e. The van der Waals surface area contributed by atoms with E-state index in [4.69, 9.17) is 25.4 Å². The van der Waals surface area contributed by atoms with Crippen molar-refractivity contribution in [2.75, 3.05) is 17.2 Å². The lowest BCUT2D eigenvalue weighted by molar-refractivity contribution is -0.132. The van der Waals surface area contributed by atoms with Gasteiger partial charge >= 0.3 is 12.2 Å². The zero-order valence-corrected chi connectivity index (χ0v) is 38.7. The Bertz CT molecular complexity index is 2560. The number of amides is 6. The summed E-state index contributed by atoms with van der Waals surface area (Å²) in [4.78, 5) is 83.9. The maximum atomic E-state index is 14.6. The first-order chi connectivity index (χ1) is 33.1. The first-order valence-electron chi connectivity index (χ1n) is 22.6. The summed E-state index contributed by atoms with van der Waals surface area (Å²) < 4.78 is 16.9. The van der Waals surface area contributed by atoms with Crippen LogP contribution in [0.1, 0.15) is 68.2 Å². The summed E-state index contributed by atoms with van der Waals surface area (Å²) in [7, 11) is 0. The van der Waals surface area contributed by atoms with E-state index < -0.39 is 65.5 Å². The Kier molecular flexibility index (Phi) is 17.5. The second kappa shape index (κ2) is 24.0. The van der Waals surface area contributed by atoms with E-state index >= 15 is 0 Å². The van der Waals surface area contributed by atoms with Crippen LogP contribution in [0.15, 0.2) is 140 Å². The summed E-state index contributed by atoms with van der Waals surface area (Å²) in [6, 6.07) is 37.2. The van der Waals surface area contributed by atoms with E-state index in [0.717, 1.165) is 10.5 Å². The van der Waals surface area contributed by atoms with Gasteiger partial charge in [-0.15, -0.1) is 0 Å². The van der Waals surface area contributed by atoms with Gasteiger partial charge in [0, 0.05) is 24.3 Å². The molecule has 360 valence electrons. The molecule has 5 aromatic rings. The molecule has 0 bridgehead atoms. The number of guanidine groups is 1. The van der Waals surface area contributed by atoms with Gasteiger partial charge < -0.3 is 46.5 Å². The minimum absolute atomic E-state index is 0.00767. The minimum Gasteiger partial charge on any atom is -0.489 e. The Balaban J connectivity index is 1.25. The minimum atomic E-state index is -1.40. The van der Waals surface area contributed by atoms with Gasteiger partial charge in [0.25, 0.3) is 0 Å². The number of hydrogen-bond acceptors (Lipinski definition) is 10. The number of rotatable bonds is 20. The molecule has 5 aromatic carbocycles. The number of nitrogens with one attached hydrogen (secondary N) is 6. The third-order valence-electron chi connectivity index (χ3n) is 10.9. The summed E-state index contributed by atoms with van der Waals surface area (Å²) in [6.07, 6.45) is -2.13. The number of carbonyl (C=O) groups excluding carboxylic acids is 6. The summed E-state index contributed by atoms with van der Waals surface area (Å²) in [5.41, 5.74) is 8.91. The molecule has 0 spiro atoms. The van der Waals surface area contributed by atoms with Crippen LogP contribution in [0.25, 0.3) is 0 Å². The van der Waals surface area contributed by atoms with E-state index in [9.17, 15) is 28.8 Å². The molecule has 4 atom stereocenters. The van der Waals surface area contributed by atoms with E-state index in [1.807, 2.05) is 36.4 Å². The van der Waals surface area contributed by atoms with Gasteiger partial charge in [-0.3, -0.25) is 24.6 Å². The number of nitrogens with two attached hydrogens (primary N) is 1. The van der Waals surface area contributed by atoms with Gasteiger partial charge in [-0.2, -0.15) is 0 Å². The van der Waals surface area contributed by atoms with Crippen LogP contribution in [0, 0.1) is 5.41 Å². The summed E-state index contributed by atoms with van der Waals surface area (Å²) in [6.45, 7) is 5.08. The highest BCUT2D eigenvalue weighted by atomic mass is 16.6. The van der Waals surface area contributed by atoms with Gasteiger partial charge in [-0.1, -0.05) is 109 Å². The third kappa shape index (κ3) is 15.4. The van der Waals surface area contributed by atoms with Crippen LogP contribution in [0.4, 0.5) is 21.0 Å². The van der Waals surface area contributed by atoms with Crippen LogP contribution in [0.5, 0.6) is 5.75 Å². The summed E-state index contributed by atoms with van der Waals surface area (Å²) in [5.74, 6) is -3.41. The van der Waals surface area contributed by atoms with Gasteiger partial charge in [0.1, 0.15) is 42.7 Å². The Hall–Kier alpha value is -8.21. The molecule has 1 aliphatic heterocycles. The topological polar surface area (TPSA) is 243 Å². The van der Waals surface area contributed by atoms with Crippen LogP contribution in [-0.2, 0) is 48.3 Å². The van der Waals surface area contributed by atoms with Crippen molar-refractivity contribution < 1.29 is 43.0 Å². The van der Waals surface area contributed by atoms with E-state index in [0.29, 0.717) is 40.4 Å². The number of carbonyl (C=O) groups is 6. The fourth-order valence-corrected chi connectivity index (χ4v) is 7.46. The Morgan fingerprint density at radius 1 is 0.696 bits per heavy atom. The number of hydrogen-bond donors (Lipinski definition) is 7. The molecule has 69 heavy (non-hydrogen) atoms. The van der Waals surface area contributed by atoms with Crippen molar-refractivity contribution in [1.82, 2.24) is 20.9 Å². The maximum absolute atomic E-state index is 14.6. The van der Waals surface area contributed by atoms with Gasteiger partial charge in [-0.25, -0.2) is 14.5 Å². The lowest BCUT2D eigenvalue weighted by atomic mass is 9.92. The zero-order valence-electron chi connectivity index (χ0n) is 38.7. The second-order valence-electron chi connectivity index (χ2n) is 17.4. The highest BCUT2D eigenvalue weighted by Gasteiger charge is 2.37. The van der Waals surface area contributed by atoms with Crippen LogP contribution >= 0.6 is 0 Å². The predicted molar refractivity (Wildman–Crippen MR) is 260 cm³/mol. The Morgan fingerprint density at radius 3 is 1.91 bits per heavy atom. The molecule has 0 aromatic heterocycles. The van der Waals surface area contributed by atoms with Crippen molar-refractivity contribution in [3.63, 3.8) is 0 Å². The van der Waals surface area contributed by atoms with Crippen molar-refractivity contribution in [2.24, 2.45) is 5.73 Å². The number of alkyl carbamates (subject to hydrolysis) is 1. The number of anilines is 2. The average molecular weight is 939 g/mol. The lowest BCUT2D eigenvalue weighted by Gasteiger charge is -2.27. The summed E-state index contributed by atoms with van der Waals surface area (Å²) in [5, 5.41) is 22.0. The monoisotopic (exact) mass is 938 g/mol. The molecule has 0 fully saturated rings. The molecule has 6 amide bonds. The van der Waals surface area contributed by atoms with Gasteiger partial charge in [-0.05, 0) is 92.6 Å². The molecule has 0 saturated heterocycles. The molecule has 1 heterocycles. The number of fused-ring (bicyclic) bond motifs is 1. The first kappa shape index (κ1) is 50.2. The zero-order chi connectivity index (χ0) is 49.3. The average Bonchev–Trinajstić information content (AvgIpc) is 3.65. The third-order valence-corrected chi connectivity index (χ3v) is 10.9. The molecule has 17 heteroatoms. The lowest BCUT2D eigenvalue weighted by Crippen LogP contribution is -2.57. The van der Waals surface area contributed by atoms with Gasteiger partial charge in [0.05, 0.1) is 5.92 Å². The van der Waals surface area contributed by atoms with E-state index in [1.165, 1.54) is 0 Å². The van der Waals surface area contributed by atoms with Crippen LogP contribution in [0.3, 0.4) is 0 Å². The molecule has 1 aliphatic rings. The molecule has 6 rings (SSSR count). The largest absolute Gasteiger partial charge is 0.489 e. The normalized spacial score (nSPS) is 14.1. The number of nitrogens with zero attached hydrogens (tertiary/aromatic N) is 1. The second-order valence-corrected chi connectivity index (χ2v) is 17.4. The molecular weight excluding hydrogens is 881 g/mol. The van der Waals surface area contributed by atoms with Crippen molar-refractivity contribution in [1.29, 1.82) is 5.41 Å². The number of benzene rings is 5. The van der Waals surface area contributed by atoms with Crippen LogP contribution in [0.2, 0.25) is 0 Å². The molecule has 17 nitrogen and oxygen atoms in total. The molecule has 0 aliphatic carbocycles. The fraction of sp³-hybridized carbons (Fsp3) is 0.288. The van der Waals surface area contributed by atoms with Crippen molar-refractivity contribution in [3.05, 3.63) is 162 Å². The molecule has 0 saturated carbocycles. The first-order valence-corrected chi connectivity index (χ1v) is 22.6. The van der Waals surface area contributed by atoms with Crippen LogP contribution < -0.4 is 37.1 Å². The van der Waals surface area contributed by atoms with Gasteiger partial charge in [0.15, 0.2) is 5.96 Å². The molecule has 0 radical (unpaired) electrons. The Morgan fingerprint density at radius 2 is 1.28 bits per heavy atom. The van der Waals surface area contributed by atoms with Gasteiger partial charge in [0.2, 0.25) is 23.6 Å². The van der Waals surface area contributed by atoms with Crippen molar-refractivity contribution in [3.8, 4) is 5.75 Å². The molecule has 1 unspecified atom stereocenters. The van der Waals surface area contributed by atoms with E-state index in [2.05, 4.69) is 26.6 Å². The van der Waals surface area contributed by atoms with Crippen molar-refractivity contribution in [2.45, 2.75) is 89.3 Å². The van der Waals surface area contributed by atoms with E-state index in [1.54, 1.807) is 124 Å². The fourth-order valence-electron chi connectivity index (χ4n) is 7.46. The Labute approximate surface area is 401 Å². The van der Waals surface area contributed by atoms with Crippen molar-refractivity contribution >= 4 is 53.1 Å². The predicted octanol–water partition coefficient (Wildman–Crippen LogP) is 6.75. The summed E-state index contributed by atoms with van der Waals surface area (Å²) >= 11 is 0. The molecular formula is C52H58N8O9. The quantitative estimate of drug-likeness (QED) is 0.0320. The highest BCUT2D eigenvalue weighted by molar-refractivity contribution is 6.04. The molecule has 8 N–H and O–H groups in total. The number of para-hydroxylation sites is 2. The maximum Gasteiger partial charge on any atom is 0.416 e. The SMILES string of the molecule is CC(C)(C)OC(=O)N[C@@H](Cc1ccc(OCc2ccccc2)cc1)C(=O)N[C@@H](CCCN(C(=N)N)C(=O)OCc1ccccc1)C(=O)N[C@@H](CC1C(=O)Nc2ccccc21)C(=O)Nc1ccccc1. The highest BCUT2D eigenvalue weighted by Crippen LogP contribution is 2.35. The van der Waals surface area contributed by atoms with E-state index in [-0.39, 0.29) is 44.7 Å². The standard InChI is InChI=1S/C52H58N8O9/c1-52(2,3)69-50(65)59-43(30-34-25-27-38(28-26-34)67-32-35-16-7-4-8-17-35)48(64)57-42(24-15-29-60(49(53)54)51(66)68-33-36-18-9-5-10-19-36)46(62)58-44(47(63)55-37-20-11-6-12-21-37)31-40-39-22-13-14-23-41(39)56-45(40)61/h4-14,16-23,25-28,40,42-44H,15,24,29-33H2,1-3H3,(H3,53,54)(H,55,63)(H,56,61)(H,57,64)(H,58,62)(H,59,65)/t40?,42-,43-,44-/m0/s1.